The van der Waals surface area contributed by atoms with E-state index in [0.29, 0.717) is 12.8 Å². The number of carbonyl (C=O) groups excluding carboxylic acids is 1. The molecule has 3 saturated heterocycles. The highest BCUT2D eigenvalue weighted by atomic mass is 16.8. The van der Waals surface area contributed by atoms with Gasteiger partial charge in [-0.05, 0) is 83.5 Å². The summed E-state index contributed by atoms with van der Waals surface area (Å²) in [6.07, 6.45) is 66.0. The quantitative estimate of drug-likeness (QED) is 0.0199. The fourth-order valence-electron chi connectivity index (χ4n) is 13.8. The van der Waals surface area contributed by atoms with Crippen molar-refractivity contribution in [2.45, 2.75) is 413 Å². The molecule has 3 aliphatic heterocycles. The number of amides is 1. The van der Waals surface area contributed by atoms with Crippen LogP contribution in [0.3, 0.4) is 0 Å². The molecule has 3 fully saturated rings. The third-order valence-corrected chi connectivity index (χ3v) is 20.6. The Morgan fingerprint density at radius 3 is 1.01 bits per heavy atom. The van der Waals surface area contributed by atoms with Gasteiger partial charge in [0.1, 0.15) is 73.2 Å². The van der Waals surface area contributed by atoms with Crippen molar-refractivity contribution in [2.75, 3.05) is 26.4 Å². The maximum atomic E-state index is 13.5. The van der Waals surface area contributed by atoms with E-state index in [4.69, 9.17) is 28.4 Å². The van der Waals surface area contributed by atoms with Crippen molar-refractivity contribution in [3.63, 3.8) is 0 Å². The zero-order valence-electron chi connectivity index (χ0n) is 66.3. The molecule has 107 heavy (non-hydrogen) atoms. The number of nitrogens with one attached hydrogen (secondary N) is 1. The lowest BCUT2D eigenvalue weighted by molar-refractivity contribution is -0.379. The highest BCUT2D eigenvalue weighted by Crippen LogP contribution is 2.33. The van der Waals surface area contributed by atoms with Crippen LogP contribution >= 0.6 is 0 Å². The number of rotatable bonds is 67. The molecule has 618 valence electrons. The van der Waals surface area contributed by atoms with E-state index in [-0.39, 0.29) is 18.9 Å². The molecule has 0 saturated carbocycles. The number of allylic oxidation sites excluding steroid dienone is 18. The van der Waals surface area contributed by atoms with Crippen molar-refractivity contribution in [1.29, 1.82) is 0 Å². The SMILES string of the molecule is CC/C=C\C/C=C\C/C=C\C/C=C\C/C=C\C/C=C\C/C=C\C/C=C\C/C=C\CCCCCCCCCC(=O)NC(COC1OC(CO)C(OC2OC(CO)C(OC3OC(CO)C(O)C(O)C3O)C(O)C2O)C(O)C1O)C(O)CCCCCCCCCCCCCCCCCCCCCCCCCCCCC. The molecule has 0 aromatic heterocycles. The molecule has 3 heterocycles. The van der Waals surface area contributed by atoms with Crippen LogP contribution in [0.25, 0.3) is 0 Å². The molecule has 3 aliphatic rings. The second-order valence-electron chi connectivity index (χ2n) is 29.9. The van der Waals surface area contributed by atoms with E-state index in [2.05, 4.69) is 129 Å². The fraction of sp³-hybridized carbons (Fsp3) is 0.784. The van der Waals surface area contributed by atoms with Gasteiger partial charge in [0.15, 0.2) is 18.9 Å². The van der Waals surface area contributed by atoms with Crippen molar-refractivity contribution in [3.05, 3.63) is 109 Å². The third-order valence-electron chi connectivity index (χ3n) is 20.6. The monoisotopic (exact) mass is 1510 g/mol. The Bertz CT molecular complexity index is 2360. The summed E-state index contributed by atoms with van der Waals surface area (Å²) in [6.45, 7) is 1.71. The molecule has 12 N–H and O–H groups in total. The molecule has 0 aliphatic carbocycles. The molecule has 0 radical (unpaired) electrons. The van der Waals surface area contributed by atoms with Crippen LogP contribution in [0.5, 0.6) is 0 Å². The average Bonchev–Trinajstić information content (AvgIpc) is 0.781. The van der Waals surface area contributed by atoms with Crippen LogP contribution < -0.4 is 5.32 Å². The van der Waals surface area contributed by atoms with E-state index in [9.17, 15) is 61.0 Å². The maximum absolute atomic E-state index is 13.5. The van der Waals surface area contributed by atoms with Crippen molar-refractivity contribution in [3.8, 4) is 0 Å². The van der Waals surface area contributed by atoms with E-state index in [0.717, 1.165) is 128 Å². The first-order valence-corrected chi connectivity index (χ1v) is 42.6. The number of hydrogen-bond acceptors (Lipinski definition) is 18. The number of unbranched alkanes of at least 4 members (excludes halogenated alkanes) is 33. The van der Waals surface area contributed by atoms with E-state index < -0.39 is 124 Å². The summed E-state index contributed by atoms with van der Waals surface area (Å²) in [4.78, 5) is 13.5. The van der Waals surface area contributed by atoms with Gasteiger partial charge in [0.05, 0.1) is 38.6 Å². The number of ether oxygens (including phenoxy) is 6. The summed E-state index contributed by atoms with van der Waals surface area (Å²) in [7, 11) is 0. The normalized spacial score (nSPS) is 26.1. The maximum Gasteiger partial charge on any atom is 0.220 e. The van der Waals surface area contributed by atoms with Crippen LogP contribution in [0.2, 0.25) is 0 Å². The number of hydrogen-bond donors (Lipinski definition) is 12. The standard InChI is InChI=1S/C88H153NO18/c1-3-5-7-9-11-13-15-17-19-21-23-25-27-29-31-32-33-34-35-36-37-38-40-42-44-46-48-50-52-54-56-58-60-62-64-66-76(94)89-71(72(93)65-63-61-59-57-55-53-51-49-47-45-43-41-39-30-28-26-24-22-20-18-16-14-12-10-8-6-4-2)70-102-86-82(100)79(97)84(74(68-91)104-86)107-88-83(101)80(98)85(75(69-92)105-88)106-87-81(99)78(96)77(95)73(67-90)103-87/h5,7,11,13,17,19,23,25,29,31,33-34,36-37,40,42,46,48,71-75,77-88,90-93,95-101H,3-4,6,8-10,12,14-16,18,20-22,24,26-28,30,32,35,38-39,41,43-45,47,49-70H2,1-2H3,(H,89,94)/b7-5-,13-11-,19-17-,25-23-,31-29-,34-33-,37-36-,42-40-,48-46-. The van der Waals surface area contributed by atoms with Crippen LogP contribution in [0.1, 0.15) is 309 Å². The van der Waals surface area contributed by atoms with Crippen LogP contribution in [-0.4, -0.2) is 193 Å². The first-order chi connectivity index (χ1) is 52.3. The highest BCUT2D eigenvalue weighted by molar-refractivity contribution is 5.76. The van der Waals surface area contributed by atoms with Gasteiger partial charge in [-0.2, -0.15) is 0 Å². The van der Waals surface area contributed by atoms with Gasteiger partial charge in [-0.1, -0.05) is 329 Å². The Morgan fingerprint density at radius 1 is 0.346 bits per heavy atom. The van der Waals surface area contributed by atoms with Gasteiger partial charge >= 0.3 is 0 Å². The Morgan fingerprint density at radius 2 is 0.645 bits per heavy atom. The molecule has 0 aromatic rings. The molecule has 0 aromatic carbocycles. The van der Waals surface area contributed by atoms with Gasteiger partial charge in [0.25, 0.3) is 0 Å². The van der Waals surface area contributed by atoms with Gasteiger partial charge in [-0.15, -0.1) is 0 Å². The number of aliphatic hydroxyl groups excluding tert-OH is 11. The van der Waals surface area contributed by atoms with Crippen LogP contribution in [0, 0.1) is 0 Å². The lowest BCUT2D eigenvalue weighted by atomic mass is 9.96. The van der Waals surface area contributed by atoms with Gasteiger partial charge in [0, 0.05) is 6.42 Å². The molecule has 19 nitrogen and oxygen atoms in total. The molecular weight excluding hydrogens is 1360 g/mol. The Hall–Kier alpha value is -3.55. The Balaban J connectivity index is 1.36. The van der Waals surface area contributed by atoms with Crippen molar-refractivity contribution in [1.82, 2.24) is 5.32 Å². The largest absolute Gasteiger partial charge is 0.394 e. The minimum Gasteiger partial charge on any atom is -0.394 e. The minimum absolute atomic E-state index is 0.247. The molecule has 0 spiro atoms. The van der Waals surface area contributed by atoms with Crippen molar-refractivity contribution < 1.29 is 89.4 Å². The average molecular weight is 1510 g/mol. The fourth-order valence-corrected chi connectivity index (χ4v) is 13.8. The van der Waals surface area contributed by atoms with Crippen LogP contribution in [0.4, 0.5) is 0 Å². The molecule has 1 amide bonds. The smallest absolute Gasteiger partial charge is 0.220 e. The lowest BCUT2D eigenvalue weighted by Gasteiger charge is -2.48. The molecule has 17 unspecified atom stereocenters. The highest BCUT2D eigenvalue weighted by Gasteiger charge is 2.54. The van der Waals surface area contributed by atoms with Crippen molar-refractivity contribution in [2.24, 2.45) is 0 Å². The molecule has 3 rings (SSSR count). The molecule has 17 atom stereocenters. The van der Waals surface area contributed by atoms with Gasteiger partial charge in [-0.3, -0.25) is 4.79 Å². The predicted octanol–water partition coefficient (Wildman–Crippen LogP) is 15.3. The summed E-state index contributed by atoms with van der Waals surface area (Å²) in [6, 6.07) is -0.903. The van der Waals surface area contributed by atoms with Gasteiger partial charge in [0.2, 0.25) is 5.91 Å². The second-order valence-corrected chi connectivity index (χ2v) is 29.9. The number of aliphatic hydroxyl groups is 11. The first-order valence-electron chi connectivity index (χ1n) is 42.6. The Labute approximate surface area is 646 Å². The molecular formula is C88H153NO18. The first kappa shape index (κ1) is 97.6. The van der Waals surface area contributed by atoms with E-state index in [1.807, 2.05) is 0 Å². The second kappa shape index (κ2) is 67.0. The zero-order chi connectivity index (χ0) is 77.4. The minimum atomic E-state index is -1.98. The zero-order valence-corrected chi connectivity index (χ0v) is 66.3. The van der Waals surface area contributed by atoms with Gasteiger partial charge in [-0.25, -0.2) is 0 Å². The van der Waals surface area contributed by atoms with E-state index in [1.54, 1.807) is 0 Å². The van der Waals surface area contributed by atoms with E-state index >= 15 is 0 Å². The summed E-state index contributed by atoms with van der Waals surface area (Å²) in [5.74, 6) is -0.255. The third kappa shape index (κ3) is 46.3. The lowest BCUT2D eigenvalue weighted by Crippen LogP contribution is -2.66. The summed E-state index contributed by atoms with van der Waals surface area (Å²) in [5.41, 5.74) is 0. The predicted molar refractivity (Wildman–Crippen MR) is 429 cm³/mol. The van der Waals surface area contributed by atoms with E-state index in [1.165, 1.54) is 148 Å². The summed E-state index contributed by atoms with van der Waals surface area (Å²) in [5, 5.41) is 121. The molecule has 0 bridgehead atoms. The topological polar surface area (TPSA) is 307 Å². The van der Waals surface area contributed by atoms with Crippen LogP contribution in [-0.2, 0) is 33.2 Å². The Kier molecular flexibility index (Phi) is 61.1. The number of carbonyl (C=O) groups is 1. The molecule has 19 heteroatoms. The van der Waals surface area contributed by atoms with Crippen molar-refractivity contribution >= 4 is 5.91 Å². The van der Waals surface area contributed by atoms with Gasteiger partial charge < -0.3 is 89.9 Å². The summed E-state index contributed by atoms with van der Waals surface area (Å²) < 4.78 is 34.6. The van der Waals surface area contributed by atoms with Crippen LogP contribution in [0.15, 0.2) is 109 Å². The summed E-state index contributed by atoms with van der Waals surface area (Å²) >= 11 is 0.